The minimum Gasteiger partial charge on any atom is -0.313 e. The molecule has 0 bridgehead atoms. The second kappa shape index (κ2) is 6.59. The number of rotatable bonds is 5. The molecule has 0 unspecified atom stereocenters. The van der Waals surface area contributed by atoms with Crippen LogP contribution < -0.4 is 5.32 Å². The fraction of sp³-hybridized carbons (Fsp3) is 0.286. The van der Waals surface area contributed by atoms with Gasteiger partial charge in [0.25, 0.3) is 0 Å². The van der Waals surface area contributed by atoms with E-state index in [1.165, 1.54) is 12.1 Å². The molecule has 0 amide bonds. The molecule has 1 aromatic heterocycles. The minimum absolute atomic E-state index is 0.317. The zero-order chi connectivity index (χ0) is 13.7. The Labute approximate surface area is 116 Å². The van der Waals surface area contributed by atoms with E-state index in [-0.39, 0.29) is 5.82 Å². The van der Waals surface area contributed by atoms with Crippen LogP contribution in [0.5, 0.6) is 0 Å². The third kappa shape index (κ3) is 3.72. The lowest BCUT2D eigenvalue weighted by atomic mass is 10.2. The summed E-state index contributed by atoms with van der Waals surface area (Å²) in [4.78, 5) is 8.52. The van der Waals surface area contributed by atoms with E-state index >= 15 is 0 Å². The molecule has 0 aliphatic carbocycles. The van der Waals surface area contributed by atoms with Crippen molar-refractivity contribution < 1.29 is 4.39 Å². The van der Waals surface area contributed by atoms with Crippen molar-refractivity contribution in [1.29, 1.82) is 0 Å². The van der Waals surface area contributed by atoms with Gasteiger partial charge in [-0.1, -0.05) is 18.5 Å². The largest absolute Gasteiger partial charge is 0.313 e. The van der Waals surface area contributed by atoms with Crippen LogP contribution in [-0.4, -0.2) is 16.5 Å². The van der Waals surface area contributed by atoms with Crippen molar-refractivity contribution in [1.82, 2.24) is 15.3 Å². The van der Waals surface area contributed by atoms with Gasteiger partial charge in [0.05, 0.1) is 5.02 Å². The smallest absolute Gasteiger partial charge is 0.160 e. The summed E-state index contributed by atoms with van der Waals surface area (Å²) in [5, 5.41) is 3.59. The van der Waals surface area contributed by atoms with Gasteiger partial charge in [-0.2, -0.15) is 0 Å². The van der Waals surface area contributed by atoms with Crippen LogP contribution in [0.25, 0.3) is 11.4 Å². The highest BCUT2D eigenvalue weighted by Gasteiger charge is 2.07. The summed E-state index contributed by atoms with van der Waals surface area (Å²) in [7, 11) is 0. The van der Waals surface area contributed by atoms with Crippen molar-refractivity contribution in [3.05, 3.63) is 47.0 Å². The van der Waals surface area contributed by atoms with Gasteiger partial charge in [-0.15, -0.1) is 0 Å². The quantitative estimate of drug-likeness (QED) is 0.852. The number of halogens is 2. The van der Waals surface area contributed by atoms with Crippen molar-refractivity contribution in [2.45, 2.75) is 19.9 Å². The Morgan fingerprint density at radius 1 is 1.26 bits per heavy atom. The maximum atomic E-state index is 13.0. The summed E-state index contributed by atoms with van der Waals surface area (Å²) in [5.74, 6) is 0.137. The van der Waals surface area contributed by atoms with Gasteiger partial charge in [-0.05, 0) is 31.2 Å². The average Bonchev–Trinajstić information content (AvgIpc) is 2.40. The van der Waals surface area contributed by atoms with Gasteiger partial charge in [-0.25, -0.2) is 14.4 Å². The lowest BCUT2D eigenvalue weighted by Gasteiger charge is -2.05. The van der Waals surface area contributed by atoms with Gasteiger partial charge in [0.2, 0.25) is 0 Å². The standard InChI is InChI=1S/C14H15ClFN3/c1-2-5-17-7-10-8-18-14(19-9-10)12-4-3-11(16)6-13(12)15/h3-4,6,8-9,17H,2,5,7H2,1H3. The van der Waals surface area contributed by atoms with E-state index in [9.17, 15) is 4.39 Å². The molecule has 0 saturated heterocycles. The molecule has 1 N–H and O–H groups in total. The van der Waals surface area contributed by atoms with Crippen LogP contribution in [0.4, 0.5) is 4.39 Å². The first-order valence-electron chi connectivity index (χ1n) is 6.17. The van der Waals surface area contributed by atoms with Crippen molar-refractivity contribution >= 4 is 11.6 Å². The van der Waals surface area contributed by atoms with Gasteiger partial charge in [0.1, 0.15) is 5.82 Å². The van der Waals surface area contributed by atoms with Gasteiger partial charge >= 0.3 is 0 Å². The molecule has 19 heavy (non-hydrogen) atoms. The predicted molar refractivity (Wildman–Crippen MR) is 74.4 cm³/mol. The Balaban J connectivity index is 2.13. The Morgan fingerprint density at radius 3 is 2.63 bits per heavy atom. The van der Waals surface area contributed by atoms with E-state index in [1.807, 2.05) is 0 Å². The highest BCUT2D eigenvalue weighted by Crippen LogP contribution is 2.25. The van der Waals surface area contributed by atoms with Crippen molar-refractivity contribution in [2.24, 2.45) is 0 Å². The summed E-state index contributed by atoms with van der Waals surface area (Å²) in [6, 6.07) is 4.19. The molecule has 0 radical (unpaired) electrons. The van der Waals surface area contributed by atoms with Gasteiger partial charge in [-0.3, -0.25) is 0 Å². The third-order valence-electron chi connectivity index (χ3n) is 2.63. The number of hydrogen-bond donors (Lipinski definition) is 1. The number of hydrogen-bond acceptors (Lipinski definition) is 3. The van der Waals surface area contributed by atoms with Crippen molar-refractivity contribution in [3.8, 4) is 11.4 Å². The maximum Gasteiger partial charge on any atom is 0.160 e. The van der Waals surface area contributed by atoms with Crippen LogP contribution in [0.2, 0.25) is 5.02 Å². The first-order chi connectivity index (χ1) is 9.20. The molecule has 0 atom stereocenters. The number of benzene rings is 1. The van der Waals surface area contributed by atoms with Crippen molar-refractivity contribution in [3.63, 3.8) is 0 Å². The lowest BCUT2D eigenvalue weighted by molar-refractivity contribution is 0.628. The highest BCUT2D eigenvalue weighted by molar-refractivity contribution is 6.33. The molecule has 1 aromatic carbocycles. The second-order valence-corrected chi connectivity index (χ2v) is 4.62. The first-order valence-corrected chi connectivity index (χ1v) is 6.55. The third-order valence-corrected chi connectivity index (χ3v) is 2.95. The fourth-order valence-electron chi connectivity index (χ4n) is 1.67. The molecule has 3 nitrogen and oxygen atoms in total. The first kappa shape index (κ1) is 13.9. The van der Waals surface area contributed by atoms with Crippen molar-refractivity contribution in [2.75, 3.05) is 6.54 Å². The molecule has 0 spiro atoms. The summed E-state index contributed by atoms with van der Waals surface area (Å²) < 4.78 is 13.0. The van der Waals surface area contributed by atoms with E-state index in [4.69, 9.17) is 11.6 Å². The van der Waals surface area contributed by atoms with E-state index in [2.05, 4.69) is 22.2 Å². The second-order valence-electron chi connectivity index (χ2n) is 4.22. The Kier molecular flexibility index (Phi) is 4.82. The lowest BCUT2D eigenvalue weighted by Crippen LogP contribution is -2.14. The molecular weight excluding hydrogens is 265 g/mol. The molecular formula is C14H15ClFN3. The molecule has 1 heterocycles. The molecule has 5 heteroatoms. The zero-order valence-corrected chi connectivity index (χ0v) is 11.4. The van der Waals surface area contributed by atoms with E-state index in [0.717, 1.165) is 25.1 Å². The molecule has 0 aliphatic heterocycles. The summed E-state index contributed by atoms with van der Waals surface area (Å²) in [6.07, 6.45) is 4.60. The van der Waals surface area contributed by atoms with Crippen LogP contribution in [0, 0.1) is 5.82 Å². The van der Waals surface area contributed by atoms with E-state index in [1.54, 1.807) is 18.5 Å². The van der Waals surface area contributed by atoms with E-state index in [0.29, 0.717) is 16.4 Å². The highest BCUT2D eigenvalue weighted by atomic mass is 35.5. The van der Waals surface area contributed by atoms with Crippen LogP contribution >= 0.6 is 11.6 Å². The molecule has 100 valence electrons. The molecule has 0 fully saturated rings. The number of aromatic nitrogens is 2. The summed E-state index contributed by atoms with van der Waals surface area (Å²) >= 11 is 5.97. The van der Waals surface area contributed by atoms with Gasteiger partial charge in [0.15, 0.2) is 5.82 Å². The van der Waals surface area contributed by atoms with Gasteiger partial charge < -0.3 is 5.32 Å². The summed E-state index contributed by atoms with van der Waals surface area (Å²) in [5.41, 5.74) is 1.64. The number of nitrogens with one attached hydrogen (secondary N) is 1. The average molecular weight is 280 g/mol. The molecule has 2 aromatic rings. The maximum absolute atomic E-state index is 13.0. The Hall–Kier alpha value is -1.52. The fourth-order valence-corrected chi connectivity index (χ4v) is 1.92. The molecule has 0 aliphatic rings. The van der Waals surface area contributed by atoms with Crippen LogP contribution in [0.15, 0.2) is 30.6 Å². The molecule has 0 saturated carbocycles. The summed E-state index contributed by atoms with van der Waals surface area (Å²) in [6.45, 7) is 3.82. The normalized spacial score (nSPS) is 10.7. The minimum atomic E-state index is -0.367. The monoisotopic (exact) mass is 279 g/mol. The Morgan fingerprint density at radius 2 is 2.00 bits per heavy atom. The van der Waals surface area contributed by atoms with Crippen LogP contribution in [-0.2, 0) is 6.54 Å². The predicted octanol–water partition coefficient (Wildman–Crippen LogP) is 3.44. The number of nitrogens with zero attached hydrogens (tertiary/aromatic N) is 2. The zero-order valence-electron chi connectivity index (χ0n) is 10.7. The van der Waals surface area contributed by atoms with E-state index < -0.39 is 0 Å². The SMILES string of the molecule is CCCNCc1cnc(-c2ccc(F)cc2Cl)nc1. The van der Waals surface area contributed by atoms with Gasteiger partial charge in [0, 0.05) is 30.1 Å². The van der Waals surface area contributed by atoms with Crippen LogP contribution in [0.3, 0.4) is 0 Å². The molecule has 2 rings (SSSR count). The van der Waals surface area contributed by atoms with Crippen LogP contribution in [0.1, 0.15) is 18.9 Å². The topological polar surface area (TPSA) is 37.8 Å². The Bertz CT molecular complexity index is 543.